The Balaban J connectivity index is 2.25. The fourth-order valence-corrected chi connectivity index (χ4v) is 4.24. The molecule has 130 valence electrons. The monoisotopic (exact) mass is 386 g/mol. The average molecular weight is 387 g/mol. The van der Waals surface area contributed by atoms with Gasteiger partial charge in [-0.05, 0) is 31.0 Å². The molecular formula is C17H20Cl2N2O2S. The minimum Gasteiger partial charge on any atom is -0.253 e. The highest BCUT2D eigenvalue weighted by Crippen LogP contribution is 2.28. The minimum absolute atomic E-state index is 0.0490. The van der Waals surface area contributed by atoms with E-state index in [1.807, 2.05) is 13.8 Å². The van der Waals surface area contributed by atoms with Gasteiger partial charge < -0.3 is 0 Å². The van der Waals surface area contributed by atoms with Crippen molar-refractivity contribution in [3.8, 4) is 11.3 Å². The molecule has 2 rings (SSSR count). The van der Waals surface area contributed by atoms with E-state index in [4.69, 9.17) is 23.2 Å². The molecule has 0 aliphatic heterocycles. The fraction of sp³-hybridized carbons (Fsp3) is 0.353. The van der Waals surface area contributed by atoms with E-state index in [9.17, 15) is 8.42 Å². The minimum atomic E-state index is -3.53. The summed E-state index contributed by atoms with van der Waals surface area (Å²) in [4.78, 5) is 4.42. The van der Waals surface area contributed by atoms with Crippen LogP contribution in [0.4, 0.5) is 0 Å². The lowest BCUT2D eigenvalue weighted by Crippen LogP contribution is -2.34. The van der Waals surface area contributed by atoms with E-state index in [0.29, 0.717) is 15.7 Å². The van der Waals surface area contributed by atoms with Crippen LogP contribution in [0, 0.1) is 0 Å². The Morgan fingerprint density at radius 2 is 1.83 bits per heavy atom. The van der Waals surface area contributed by atoms with E-state index in [1.165, 1.54) is 6.20 Å². The molecule has 1 N–H and O–H groups in total. The molecule has 0 bridgehead atoms. The Bertz CT molecular complexity index is 793. The van der Waals surface area contributed by atoms with E-state index in [2.05, 4.69) is 9.71 Å². The molecule has 0 saturated carbocycles. The summed E-state index contributed by atoms with van der Waals surface area (Å²) in [6.07, 6.45) is 4.01. The quantitative estimate of drug-likeness (QED) is 0.734. The van der Waals surface area contributed by atoms with Gasteiger partial charge in [0, 0.05) is 17.8 Å². The molecule has 1 aromatic heterocycles. The van der Waals surface area contributed by atoms with E-state index in [0.717, 1.165) is 24.8 Å². The molecule has 1 atom stereocenters. The third kappa shape index (κ3) is 4.70. The van der Waals surface area contributed by atoms with Crippen LogP contribution in [0.25, 0.3) is 11.3 Å². The normalized spacial score (nSPS) is 13.0. The number of nitrogens with zero attached hydrogens (tertiary/aromatic N) is 1. The Morgan fingerprint density at radius 1 is 1.17 bits per heavy atom. The maximum Gasteiger partial charge on any atom is 0.240 e. The first-order chi connectivity index (χ1) is 11.4. The largest absolute Gasteiger partial charge is 0.253 e. The molecule has 0 aliphatic carbocycles. The van der Waals surface area contributed by atoms with E-state index in [-0.39, 0.29) is 10.9 Å². The van der Waals surface area contributed by atoms with Gasteiger partial charge in [0.1, 0.15) is 0 Å². The van der Waals surface area contributed by atoms with Crippen molar-refractivity contribution in [2.75, 3.05) is 0 Å². The Morgan fingerprint density at radius 3 is 2.38 bits per heavy atom. The van der Waals surface area contributed by atoms with E-state index < -0.39 is 10.0 Å². The summed E-state index contributed by atoms with van der Waals surface area (Å²) >= 11 is 12.0. The molecule has 1 heterocycles. The first kappa shape index (κ1) is 19.2. The number of benzene rings is 1. The molecule has 0 saturated heterocycles. The van der Waals surface area contributed by atoms with E-state index >= 15 is 0 Å². The van der Waals surface area contributed by atoms with Gasteiger partial charge in [-0.15, -0.1) is 0 Å². The van der Waals surface area contributed by atoms with Crippen LogP contribution in [-0.2, 0) is 10.0 Å². The van der Waals surface area contributed by atoms with Gasteiger partial charge >= 0.3 is 0 Å². The third-order valence-electron chi connectivity index (χ3n) is 3.70. The van der Waals surface area contributed by atoms with Crippen molar-refractivity contribution in [1.82, 2.24) is 9.71 Å². The number of hydrogen-bond acceptors (Lipinski definition) is 3. The molecule has 0 radical (unpaired) electrons. The van der Waals surface area contributed by atoms with Crippen LogP contribution >= 0.6 is 23.2 Å². The third-order valence-corrected chi connectivity index (χ3v) is 5.73. The molecule has 1 aromatic carbocycles. The van der Waals surface area contributed by atoms with Crippen molar-refractivity contribution in [2.24, 2.45) is 0 Å². The summed E-state index contributed by atoms with van der Waals surface area (Å²) in [6.45, 7) is 4.01. The molecule has 0 spiro atoms. The van der Waals surface area contributed by atoms with Gasteiger partial charge in [0.05, 0.1) is 20.6 Å². The van der Waals surface area contributed by atoms with Gasteiger partial charge in [0.15, 0.2) is 0 Å². The van der Waals surface area contributed by atoms with Gasteiger partial charge in [-0.3, -0.25) is 4.98 Å². The van der Waals surface area contributed by atoms with Crippen molar-refractivity contribution in [2.45, 2.75) is 44.0 Å². The number of halogens is 2. The van der Waals surface area contributed by atoms with Crippen LogP contribution in [0.15, 0.2) is 41.4 Å². The molecule has 4 nitrogen and oxygen atoms in total. The fourth-order valence-electron chi connectivity index (χ4n) is 2.40. The van der Waals surface area contributed by atoms with E-state index in [1.54, 1.807) is 30.3 Å². The second-order valence-corrected chi connectivity index (χ2v) is 8.08. The van der Waals surface area contributed by atoms with Gasteiger partial charge in [-0.25, -0.2) is 13.1 Å². The summed E-state index contributed by atoms with van der Waals surface area (Å²) in [6, 6.07) is 8.06. The second-order valence-electron chi connectivity index (χ2n) is 5.52. The number of nitrogens with one attached hydrogen (secondary N) is 1. The lowest BCUT2D eigenvalue weighted by atomic mass is 10.1. The zero-order valence-electron chi connectivity index (χ0n) is 13.6. The summed E-state index contributed by atoms with van der Waals surface area (Å²) < 4.78 is 27.7. The molecule has 24 heavy (non-hydrogen) atoms. The Kier molecular flexibility index (Phi) is 6.63. The standard InChI is InChI=1S/C17H20Cl2N2O2S/c1-3-5-14(4-2)21-24(22,23)15-8-6-12(7-9-15)17-16(19)10-13(18)11-20-17/h6-11,14,21H,3-5H2,1-2H3/t14-/m1/s1. The number of sulfonamides is 1. The zero-order valence-corrected chi connectivity index (χ0v) is 15.9. The van der Waals surface area contributed by atoms with Gasteiger partial charge in [0.25, 0.3) is 0 Å². The molecule has 2 aromatic rings. The number of aromatic nitrogens is 1. The lowest BCUT2D eigenvalue weighted by molar-refractivity contribution is 0.512. The Hall–Kier alpha value is -1.14. The highest BCUT2D eigenvalue weighted by atomic mass is 35.5. The molecule has 0 amide bonds. The van der Waals surface area contributed by atoms with Crippen LogP contribution in [-0.4, -0.2) is 19.4 Å². The van der Waals surface area contributed by atoms with Gasteiger partial charge in [-0.1, -0.05) is 55.6 Å². The maximum absolute atomic E-state index is 12.5. The highest BCUT2D eigenvalue weighted by Gasteiger charge is 2.18. The van der Waals surface area contributed by atoms with Crippen molar-refractivity contribution in [3.05, 3.63) is 46.6 Å². The van der Waals surface area contributed by atoms with Crippen LogP contribution in [0.3, 0.4) is 0 Å². The maximum atomic E-state index is 12.5. The number of hydrogen-bond donors (Lipinski definition) is 1. The summed E-state index contributed by atoms with van der Waals surface area (Å²) in [5.74, 6) is 0. The SMILES string of the molecule is CCC[C@@H](CC)NS(=O)(=O)c1ccc(-c2ncc(Cl)cc2Cl)cc1. The molecule has 0 unspecified atom stereocenters. The summed E-state index contributed by atoms with van der Waals surface area (Å²) in [7, 11) is -3.53. The number of pyridine rings is 1. The highest BCUT2D eigenvalue weighted by molar-refractivity contribution is 7.89. The predicted octanol–water partition coefficient (Wildman–Crippen LogP) is 4.91. The summed E-state index contributed by atoms with van der Waals surface area (Å²) in [5, 5.41) is 0.874. The first-order valence-corrected chi connectivity index (χ1v) is 10.0. The smallest absolute Gasteiger partial charge is 0.240 e. The van der Waals surface area contributed by atoms with Crippen molar-refractivity contribution in [1.29, 1.82) is 0 Å². The molecule has 0 aliphatic rings. The van der Waals surface area contributed by atoms with Crippen LogP contribution in [0.5, 0.6) is 0 Å². The number of rotatable bonds is 7. The Labute approximate surface area is 153 Å². The predicted molar refractivity (Wildman–Crippen MR) is 99.0 cm³/mol. The molecule has 7 heteroatoms. The summed E-state index contributed by atoms with van der Waals surface area (Å²) in [5.41, 5.74) is 1.30. The van der Waals surface area contributed by atoms with Crippen molar-refractivity contribution < 1.29 is 8.42 Å². The molecule has 0 fully saturated rings. The zero-order chi connectivity index (χ0) is 17.7. The second kappa shape index (κ2) is 8.30. The van der Waals surface area contributed by atoms with Crippen LogP contribution in [0.2, 0.25) is 10.0 Å². The first-order valence-electron chi connectivity index (χ1n) is 7.81. The lowest BCUT2D eigenvalue weighted by Gasteiger charge is -2.16. The van der Waals surface area contributed by atoms with Crippen LogP contribution in [0.1, 0.15) is 33.1 Å². The molecular weight excluding hydrogens is 367 g/mol. The van der Waals surface area contributed by atoms with Crippen molar-refractivity contribution in [3.63, 3.8) is 0 Å². The van der Waals surface area contributed by atoms with Crippen molar-refractivity contribution >= 4 is 33.2 Å². The van der Waals surface area contributed by atoms with Gasteiger partial charge in [0.2, 0.25) is 10.0 Å². The van der Waals surface area contributed by atoms with Gasteiger partial charge in [-0.2, -0.15) is 0 Å². The topological polar surface area (TPSA) is 59.1 Å². The average Bonchev–Trinajstić information content (AvgIpc) is 2.54. The van der Waals surface area contributed by atoms with Crippen LogP contribution < -0.4 is 4.72 Å².